The maximum Gasteiger partial charge on any atom is 0.248 e. The van der Waals surface area contributed by atoms with Crippen LogP contribution >= 0.6 is 0 Å². The van der Waals surface area contributed by atoms with E-state index in [0.29, 0.717) is 13.0 Å². The summed E-state index contributed by atoms with van der Waals surface area (Å²) in [6, 6.07) is 0. The highest BCUT2D eigenvalue weighted by molar-refractivity contribution is 5.78. The lowest BCUT2D eigenvalue weighted by Crippen LogP contribution is -2.36. The van der Waals surface area contributed by atoms with Crippen molar-refractivity contribution >= 4 is 5.91 Å². The number of aromatic amines is 1. The van der Waals surface area contributed by atoms with Gasteiger partial charge in [-0.05, 0) is 12.8 Å². The summed E-state index contributed by atoms with van der Waals surface area (Å²) in [7, 11) is 0. The Balaban J connectivity index is 1.69. The van der Waals surface area contributed by atoms with Gasteiger partial charge in [0.05, 0.1) is 6.33 Å². The number of rotatable bonds is 4. The molecule has 0 radical (unpaired) electrons. The van der Waals surface area contributed by atoms with Gasteiger partial charge in [0.2, 0.25) is 11.8 Å². The Labute approximate surface area is 104 Å². The highest BCUT2D eigenvalue weighted by Crippen LogP contribution is 2.36. The van der Waals surface area contributed by atoms with Crippen molar-refractivity contribution in [1.82, 2.24) is 15.3 Å². The molecule has 0 aliphatic heterocycles. The second-order valence-electron chi connectivity index (χ2n) is 4.75. The van der Waals surface area contributed by atoms with Crippen molar-refractivity contribution in [2.24, 2.45) is 5.92 Å². The zero-order chi connectivity index (χ0) is 13.0. The lowest BCUT2D eigenvalue weighted by molar-refractivity contribution is -0.129. The molecular formula is C12H17F2N3O. The molecule has 18 heavy (non-hydrogen) atoms. The third-order valence-corrected chi connectivity index (χ3v) is 3.34. The molecule has 1 fully saturated rings. The molecule has 1 aliphatic rings. The van der Waals surface area contributed by atoms with Crippen LogP contribution in [-0.2, 0) is 11.2 Å². The van der Waals surface area contributed by atoms with Crippen LogP contribution in [0.5, 0.6) is 0 Å². The van der Waals surface area contributed by atoms with E-state index in [9.17, 15) is 13.6 Å². The van der Waals surface area contributed by atoms with Gasteiger partial charge in [0.15, 0.2) is 0 Å². The number of carbonyl (C=O) groups excluding carboxylic acids is 1. The van der Waals surface area contributed by atoms with Gasteiger partial charge in [-0.15, -0.1) is 0 Å². The lowest BCUT2D eigenvalue weighted by Gasteiger charge is -2.27. The number of imidazole rings is 1. The molecule has 1 amide bonds. The van der Waals surface area contributed by atoms with Gasteiger partial charge >= 0.3 is 0 Å². The highest BCUT2D eigenvalue weighted by Gasteiger charge is 2.37. The van der Waals surface area contributed by atoms with E-state index in [4.69, 9.17) is 0 Å². The number of nitrogens with zero attached hydrogens (tertiary/aromatic N) is 1. The normalized spacial score (nSPS) is 19.7. The minimum Gasteiger partial charge on any atom is -0.355 e. The monoisotopic (exact) mass is 257 g/mol. The van der Waals surface area contributed by atoms with Crippen molar-refractivity contribution in [3.05, 3.63) is 18.2 Å². The molecular weight excluding hydrogens is 240 g/mol. The molecule has 0 unspecified atom stereocenters. The number of carbonyl (C=O) groups is 1. The fourth-order valence-electron chi connectivity index (χ4n) is 2.19. The molecule has 2 rings (SSSR count). The minimum absolute atomic E-state index is 0.106. The molecule has 6 heteroatoms. The van der Waals surface area contributed by atoms with Crippen molar-refractivity contribution in [3.63, 3.8) is 0 Å². The molecule has 1 aromatic heterocycles. The van der Waals surface area contributed by atoms with Crippen molar-refractivity contribution < 1.29 is 13.6 Å². The molecule has 100 valence electrons. The van der Waals surface area contributed by atoms with Crippen LogP contribution in [0.15, 0.2) is 12.5 Å². The van der Waals surface area contributed by atoms with Gasteiger partial charge < -0.3 is 10.3 Å². The number of nitrogens with one attached hydrogen (secondary N) is 2. The van der Waals surface area contributed by atoms with E-state index < -0.39 is 5.92 Å². The maximum atomic E-state index is 12.9. The lowest BCUT2D eigenvalue weighted by atomic mass is 9.86. The molecule has 2 N–H and O–H groups in total. The summed E-state index contributed by atoms with van der Waals surface area (Å²) in [6.07, 6.45) is 4.17. The maximum absolute atomic E-state index is 12.9. The molecule has 4 nitrogen and oxygen atoms in total. The number of amides is 1. The fourth-order valence-corrected chi connectivity index (χ4v) is 2.19. The largest absolute Gasteiger partial charge is 0.355 e. The van der Waals surface area contributed by atoms with E-state index in [0.717, 1.165) is 5.69 Å². The molecule has 1 aromatic rings. The number of hydrogen-bond donors (Lipinski definition) is 2. The molecule has 0 saturated heterocycles. The van der Waals surface area contributed by atoms with Crippen molar-refractivity contribution in [2.75, 3.05) is 6.54 Å². The first-order valence-corrected chi connectivity index (χ1v) is 6.20. The third-order valence-electron chi connectivity index (χ3n) is 3.34. The molecule has 1 aliphatic carbocycles. The number of H-pyrrole nitrogens is 1. The molecule has 1 saturated carbocycles. The van der Waals surface area contributed by atoms with Gasteiger partial charge in [-0.1, -0.05) is 0 Å². The van der Waals surface area contributed by atoms with Gasteiger partial charge in [-0.25, -0.2) is 13.8 Å². The Morgan fingerprint density at radius 3 is 2.83 bits per heavy atom. The third kappa shape index (κ3) is 3.51. The number of hydrogen-bond acceptors (Lipinski definition) is 2. The smallest absolute Gasteiger partial charge is 0.248 e. The van der Waals surface area contributed by atoms with Crippen LogP contribution in [0, 0.1) is 5.92 Å². The van der Waals surface area contributed by atoms with Crippen LogP contribution in [-0.4, -0.2) is 28.3 Å². The Hall–Kier alpha value is -1.46. The van der Waals surface area contributed by atoms with E-state index in [1.165, 1.54) is 0 Å². The van der Waals surface area contributed by atoms with E-state index in [-0.39, 0.29) is 37.5 Å². The quantitative estimate of drug-likeness (QED) is 0.865. The second-order valence-corrected chi connectivity index (χ2v) is 4.75. The predicted molar refractivity (Wildman–Crippen MR) is 62.2 cm³/mol. The van der Waals surface area contributed by atoms with Crippen LogP contribution < -0.4 is 5.32 Å². The van der Waals surface area contributed by atoms with Crippen LogP contribution in [0.1, 0.15) is 31.4 Å². The van der Waals surface area contributed by atoms with Crippen molar-refractivity contribution in [3.8, 4) is 0 Å². The Morgan fingerprint density at radius 2 is 2.22 bits per heavy atom. The molecule has 1 heterocycles. The van der Waals surface area contributed by atoms with E-state index >= 15 is 0 Å². The fraction of sp³-hybridized carbons (Fsp3) is 0.667. The van der Waals surface area contributed by atoms with Gasteiger partial charge in [0.25, 0.3) is 0 Å². The SMILES string of the molecule is O=C(NCCc1cnc[nH]1)C1CCC(F)(F)CC1. The van der Waals surface area contributed by atoms with Gasteiger partial charge in [0.1, 0.15) is 0 Å². The Morgan fingerprint density at radius 1 is 1.50 bits per heavy atom. The number of halogens is 2. The first-order chi connectivity index (χ1) is 8.57. The summed E-state index contributed by atoms with van der Waals surface area (Å²) in [5.74, 6) is -2.94. The zero-order valence-electron chi connectivity index (χ0n) is 10.1. The van der Waals surface area contributed by atoms with E-state index in [1.807, 2.05) is 0 Å². The highest BCUT2D eigenvalue weighted by atomic mass is 19.3. The van der Waals surface area contributed by atoms with Crippen LogP contribution in [0.2, 0.25) is 0 Å². The summed E-state index contributed by atoms with van der Waals surface area (Å²) in [4.78, 5) is 18.6. The molecule has 0 atom stereocenters. The van der Waals surface area contributed by atoms with Gasteiger partial charge in [0, 0.05) is 43.6 Å². The first kappa shape index (κ1) is 13.0. The molecule has 0 bridgehead atoms. The number of aromatic nitrogens is 2. The summed E-state index contributed by atoms with van der Waals surface area (Å²) < 4.78 is 25.9. The Kier molecular flexibility index (Phi) is 3.93. The van der Waals surface area contributed by atoms with Crippen LogP contribution in [0.4, 0.5) is 8.78 Å². The van der Waals surface area contributed by atoms with Gasteiger partial charge in [-0.3, -0.25) is 4.79 Å². The van der Waals surface area contributed by atoms with Crippen LogP contribution in [0.25, 0.3) is 0 Å². The average molecular weight is 257 g/mol. The summed E-state index contributed by atoms with van der Waals surface area (Å²) >= 11 is 0. The van der Waals surface area contributed by atoms with E-state index in [2.05, 4.69) is 15.3 Å². The minimum atomic E-state index is -2.58. The second kappa shape index (κ2) is 5.46. The Bertz CT molecular complexity index is 382. The average Bonchev–Trinajstić information content (AvgIpc) is 2.82. The van der Waals surface area contributed by atoms with Gasteiger partial charge in [-0.2, -0.15) is 0 Å². The summed E-state index contributed by atoms with van der Waals surface area (Å²) in [6.45, 7) is 0.508. The zero-order valence-corrected chi connectivity index (χ0v) is 10.1. The van der Waals surface area contributed by atoms with Crippen molar-refractivity contribution in [2.45, 2.75) is 38.0 Å². The van der Waals surface area contributed by atoms with E-state index in [1.54, 1.807) is 12.5 Å². The standard InChI is InChI=1S/C12H17F2N3O/c13-12(14)4-1-9(2-5-12)11(18)16-6-3-10-7-15-8-17-10/h7-9H,1-6H2,(H,15,17)(H,16,18). The molecule has 0 spiro atoms. The predicted octanol–water partition coefficient (Wildman–Crippen LogP) is 1.89. The topological polar surface area (TPSA) is 57.8 Å². The summed E-state index contributed by atoms with van der Waals surface area (Å²) in [5.41, 5.74) is 0.950. The molecule has 0 aromatic carbocycles. The number of alkyl halides is 2. The van der Waals surface area contributed by atoms with Crippen molar-refractivity contribution in [1.29, 1.82) is 0 Å². The first-order valence-electron chi connectivity index (χ1n) is 6.20. The summed E-state index contributed by atoms with van der Waals surface area (Å²) in [5, 5.41) is 2.79. The van der Waals surface area contributed by atoms with Crippen LogP contribution in [0.3, 0.4) is 0 Å².